The number of rotatable bonds is 3. The van der Waals surface area contributed by atoms with Gasteiger partial charge in [0.05, 0.1) is 6.61 Å². The van der Waals surface area contributed by atoms with Gasteiger partial charge in [0.15, 0.2) is 11.7 Å². The number of hydrogen-bond acceptors (Lipinski definition) is 6. The van der Waals surface area contributed by atoms with Gasteiger partial charge in [-0.3, -0.25) is 4.74 Å². The first-order valence-corrected chi connectivity index (χ1v) is 6.91. The zero-order valence-corrected chi connectivity index (χ0v) is 12.7. The molecule has 1 saturated heterocycles. The van der Waals surface area contributed by atoms with Crippen LogP contribution in [0.5, 0.6) is 0 Å². The smallest absolute Gasteiger partial charge is 0.419 e. The van der Waals surface area contributed by atoms with Gasteiger partial charge in [0.1, 0.15) is 6.17 Å². The van der Waals surface area contributed by atoms with Gasteiger partial charge >= 0.3 is 6.36 Å². The molecular weight excluding hydrogens is 346 g/mol. The van der Waals surface area contributed by atoms with Crippen LogP contribution in [0, 0.1) is 0 Å². The van der Waals surface area contributed by atoms with Gasteiger partial charge in [-0.1, -0.05) is 0 Å². The summed E-state index contributed by atoms with van der Waals surface area (Å²) in [4.78, 5) is 0. The Bertz CT molecular complexity index is 538. The van der Waals surface area contributed by atoms with E-state index in [0.717, 1.165) is 0 Å². The van der Waals surface area contributed by atoms with Crippen molar-refractivity contribution in [2.24, 2.45) is 5.73 Å². The van der Waals surface area contributed by atoms with E-state index in [9.17, 15) is 17.6 Å². The lowest BCUT2D eigenvalue weighted by atomic mass is 9.80. The van der Waals surface area contributed by atoms with Crippen molar-refractivity contribution in [3.63, 3.8) is 0 Å². The third-order valence-electron chi connectivity index (χ3n) is 3.89. The number of nitrogens with zero attached hydrogens (tertiary/aromatic N) is 2. The fourth-order valence-corrected chi connectivity index (χ4v) is 2.65. The number of nitrogens with two attached hydrogens (primary N) is 1. The van der Waals surface area contributed by atoms with E-state index in [2.05, 4.69) is 14.9 Å². The number of aromatic nitrogens is 2. The maximum absolute atomic E-state index is 13.9. The fraction of sp³-hybridized carbons (Fsp3) is 0.833. The lowest BCUT2D eigenvalue weighted by molar-refractivity contribution is -0.387. The molecule has 11 heteroatoms. The SMILES string of the molecule is Cl.N[C@H]1CO[C@H](c2nnc(C3(OC(F)(F)F)CCC3)o2)[C@@H](F)C1. The maximum Gasteiger partial charge on any atom is 0.523 e. The Morgan fingerprint density at radius 3 is 2.48 bits per heavy atom. The number of halogens is 5. The van der Waals surface area contributed by atoms with Crippen LogP contribution in [-0.2, 0) is 15.1 Å². The summed E-state index contributed by atoms with van der Waals surface area (Å²) in [5.41, 5.74) is 3.90. The van der Waals surface area contributed by atoms with Crippen LogP contribution in [0.1, 0.15) is 43.6 Å². The highest BCUT2D eigenvalue weighted by Crippen LogP contribution is 2.48. The summed E-state index contributed by atoms with van der Waals surface area (Å²) in [6, 6.07) is -0.430. The molecule has 2 heterocycles. The summed E-state index contributed by atoms with van der Waals surface area (Å²) < 4.78 is 66.0. The van der Waals surface area contributed by atoms with E-state index >= 15 is 0 Å². The zero-order chi connectivity index (χ0) is 16.0. The van der Waals surface area contributed by atoms with Crippen molar-refractivity contribution in [1.29, 1.82) is 0 Å². The molecule has 0 radical (unpaired) electrons. The van der Waals surface area contributed by atoms with E-state index in [-0.39, 0.29) is 50.1 Å². The van der Waals surface area contributed by atoms with E-state index in [4.69, 9.17) is 14.9 Å². The average molecular weight is 362 g/mol. The molecule has 0 aromatic carbocycles. The minimum atomic E-state index is -4.81. The summed E-state index contributed by atoms with van der Waals surface area (Å²) in [5, 5.41) is 7.23. The first-order chi connectivity index (χ1) is 10.3. The molecule has 1 aromatic rings. The largest absolute Gasteiger partial charge is 0.523 e. The zero-order valence-electron chi connectivity index (χ0n) is 11.9. The molecule has 2 aliphatic rings. The molecule has 3 rings (SSSR count). The predicted octanol–water partition coefficient (Wildman–Crippen LogP) is 2.53. The van der Waals surface area contributed by atoms with Crippen LogP contribution in [0.3, 0.4) is 0 Å². The topological polar surface area (TPSA) is 83.4 Å². The molecule has 23 heavy (non-hydrogen) atoms. The van der Waals surface area contributed by atoms with Crippen LogP contribution in [0.4, 0.5) is 17.6 Å². The monoisotopic (exact) mass is 361 g/mol. The summed E-state index contributed by atoms with van der Waals surface area (Å²) in [7, 11) is 0. The summed E-state index contributed by atoms with van der Waals surface area (Å²) >= 11 is 0. The van der Waals surface area contributed by atoms with Crippen LogP contribution in [0.25, 0.3) is 0 Å². The van der Waals surface area contributed by atoms with Gasteiger partial charge < -0.3 is 14.9 Å². The average Bonchev–Trinajstić information content (AvgIpc) is 2.82. The van der Waals surface area contributed by atoms with Crippen molar-refractivity contribution < 1.29 is 31.5 Å². The molecule has 1 aliphatic heterocycles. The summed E-state index contributed by atoms with van der Waals surface area (Å²) in [6.07, 6.45) is -6.53. The van der Waals surface area contributed by atoms with E-state index in [1.807, 2.05) is 0 Å². The second-order valence-electron chi connectivity index (χ2n) is 5.61. The number of hydrogen-bond donors (Lipinski definition) is 1. The molecule has 0 amide bonds. The van der Waals surface area contributed by atoms with Crippen molar-refractivity contribution in [2.45, 2.75) is 56.0 Å². The molecule has 2 fully saturated rings. The molecule has 1 saturated carbocycles. The Labute approximate surface area is 135 Å². The highest BCUT2D eigenvalue weighted by molar-refractivity contribution is 5.85. The third-order valence-corrected chi connectivity index (χ3v) is 3.89. The minimum Gasteiger partial charge on any atom is -0.419 e. The Balaban J connectivity index is 0.00000192. The molecule has 1 aromatic heterocycles. The summed E-state index contributed by atoms with van der Waals surface area (Å²) in [6.45, 7) is 0.118. The van der Waals surface area contributed by atoms with E-state index in [0.29, 0.717) is 6.42 Å². The Morgan fingerprint density at radius 2 is 1.96 bits per heavy atom. The van der Waals surface area contributed by atoms with Gasteiger partial charge in [0.25, 0.3) is 0 Å². The van der Waals surface area contributed by atoms with Crippen molar-refractivity contribution in [2.75, 3.05) is 6.61 Å². The third kappa shape index (κ3) is 3.76. The summed E-state index contributed by atoms with van der Waals surface area (Å²) in [5.74, 6) is -0.483. The van der Waals surface area contributed by atoms with Gasteiger partial charge in [-0.15, -0.1) is 35.8 Å². The second-order valence-corrected chi connectivity index (χ2v) is 5.61. The second kappa shape index (κ2) is 6.50. The first kappa shape index (κ1) is 18.4. The lowest BCUT2D eigenvalue weighted by Gasteiger charge is -2.38. The molecule has 132 valence electrons. The predicted molar refractivity (Wildman–Crippen MR) is 70.4 cm³/mol. The van der Waals surface area contributed by atoms with Gasteiger partial charge in [0, 0.05) is 6.04 Å². The van der Waals surface area contributed by atoms with Crippen molar-refractivity contribution in [3.05, 3.63) is 11.8 Å². The van der Waals surface area contributed by atoms with Gasteiger partial charge in [0.2, 0.25) is 11.8 Å². The van der Waals surface area contributed by atoms with Gasteiger partial charge in [-0.05, 0) is 25.7 Å². The van der Waals surface area contributed by atoms with E-state index in [1.54, 1.807) is 0 Å². The van der Waals surface area contributed by atoms with E-state index in [1.165, 1.54) is 0 Å². The molecule has 0 bridgehead atoms. The van der Waals surface area contributed by atoms with E-state index < -0.39 is 30.3 Å². The quantitative estimate of drug-likeness (QED) is 0.833. The van der Waals surface area contributed by atoms with Crippen LogP contribution in [-0.4, -0.2) is 35.4 Å². The number of ether oxygens (including phenoxy) is 2. The standard InChI is InChI=1S/C12H15F4N3O3.ClH/c13-7-4-6(17)5-20-8(7)9-18-19-10(21-9)11(2-1-3-11)22-12(14,15)16;/h6-8H,1-5,17H2;1H/t6-,7+,8+;/m1./s1. The van der Waals surface area contributed by atoms with Crippen molar-refractivity contribution in [1.82, 2.24) is 10.2 Å². The van der Waals surface area contributed by atoms with Crippen molar-refractivity contribution in [3.8, 4) is 0 Å². The molecule has 0 spiro atoms. The van der Waals surface area contributed by atoms with Crippen LogP contribution in [0.2, 0.25) is 0 Å². The highest BCUT2D eigenvalue weighted by Gasteiger charge is 2.53. The fourth-order valence-electron chi connectivity index (χ4n) is 2.65. The molecule has 1 aliphatic carbocycles. The molecule has 3 atom stereocenters. The molecule has 0 unspecified atom stereocenters. The Hall–Kier alpha value is -0.970. The van der Waals surface area contributed by atoms with Crippen LogP contribution in [0.15, 0.2) is 4.42 Å². The normalized spacial score (nSPS) is 30.4. The lowest BCUT2D eigenvalue weighted by Crippen LogP contribution is -2.42. The maximum atomic E-state index is 13.9. The molecule has 2 N–H and O–H groups in total. The van der Waals surface area contributed by atoms with Gasteiger partial charge in [-0.2, -0.15) is 0 Å². The van der Waals surface area contributed by atoms with Crippen LogP contribution < -0.4 is 5.73 Å². The number of alkyl halides is 4. The van der Waals surface area contributed by atoms with Gasteiger partial charge in [-0.25, -0.2) is 4.39 Å². The first-order valence-electron chi connectivity index (χ1n) is 6.91. The Morgan fingerprint density at radius 1 is 1.26 bits per heavy atom. The minimum absolute atomic E-state index is 0. The Kier molecular flexibility index (Phi) is 5.19. The van der Waals surface area contributed by atoms with Crippen LogP contribution >= 0.6 is 12.4 Å². The van der Waals surface area contributed by atoms with Crippen molar-refractivity contribution >= 4 is 12.4 Å². The molecular formula is C12H16ClF4N3O3. The molecule has 6 nitrogen and oxygen atoms in total. The highest BCUT2D eigenvalue weighted by atomic mass is 35.5.